The number of hydrogen-bond acceptors (Lipinski definition) is 0. The third-order valence-electron chi connectivity index (χ3n) is 6.93. The van der Waals surface area contributed by atoms with E-state index in [4.69, 9.17) is 0 Å². The molecule has 0 aromatic rings. The fourth-order valence-electron chi connectivity index (χ4n) is 4.97. The average molecular weight is 369 g/mol. The van der Waals surface area contributed by atoms with Crippen molar-refractivity contribution in [2.75, 3.05) is 52.9 Å². The SMILES string of the molecule is CCCCCCC[N+]1(C)CCCC1.CCCC[N+]1(CCCC)CCCC1. The highest BCUT2D eigenvalue weighted by atomic mass is 15.4. The molecule has 0 aromatic heterocycles. The largest absolute Gasteiger partial charge is 0.326 e. The van der Waals surface area contributed by atoms with Crippen molar-refractivity contribution in [3.05, 3.63) is 0 Å². The molecule has 0 atom stereocenters. The fraction of sp³-hybridized carbons (Fsp3) is 1.00. The van der Waals surface area contributed by atoms with Gasteiger partial charge < -0.3 is 8.97 Å². The summed E-state index contributed by atoms with van der Waals surface area (Å²) in [6.45, 7) is 17.1. The molecule has 2 nitrogen and oxygen atoms in total. The minimum absolute atomic E-state index is 1.37. The van der Waals surface area contributed by atoms with E-state index < -0.39 is 0 Å². The Morgan fingerprint density at radius 2 is 0.962 bits per heavy atom. The van der Waals surface area contributed by atoms with Gasteiger partial charge in [-0.25, -0.2) is 0 Å². The monoisotopic (exact) mass is 368 g/mol. The summed E-state index contributed by atoms with van der Waals surface area (Å²) in [6.07, 6.45) is 18.7. The Hall–Kier alpha value is -0.0800. The lowest BCUT2D eigenvalue weighted by Gasteiger charge is -2.34. The van der Waals surface area contributed by atoms with E-state index >= 15 is 0 Å². The summed E-state index contributed by atoms with van der Waals surface area (Å²) in [5.74, 6) is 0. The van der Waals surface area contributed by atoms with Gasteiger partial charge in [-0.1, -0.05) is 52.9 Å². The zero-order chi connectivity index (χ0) is 19.1. The van der Waals surface area contributed by atoms with Crippen molar-refractivity contribution in [1.29, 1.82) is 0 Å². The molecule has 0 bridgehead atoms. The van der Waals surface area contributed by atoms with Crippen LogP contribution in [0, 0.1) is 0 Å². The minimum atomic E-state index is 1.37. The highest BCUT2D eigenvalue weighted by Crippen LogP contribution is 2.21. The van der Waals surface area contributed by atoms with Crippen molar-refractivity contribution in [2.45, 2.75) is 104 Å². The molecule has 0 unspecified atom stereocenters. The highest BCUT2D eigenvalue weighted by molar-refractivity contribution is 4.55. The Morgan fingerprint density at radius 1 is 0.500 bits per heavy atom. The van der Waals surface area contributed by atoms with E-state index in [2.05, 4.69) is 27.8 Å². The van der Waals surface area contributed by atoms with Crippen LogP contribution in [-0.2, 0) is 0 Å². The van der Waals surface area contributed by atoms with E-state index in [0.717, 1.165) is 0 Å². The van der Waals surface area contributed by atoms with Crippen LogP contribution in [0.3, 0.4) is 0 Å². The van der Waals surface area contributed by atoms with Crippen molar-refractivity contribution in [3.63, 3.8) is 0 Å². The molecular formula is C24H52N2+2. The molecule has 0 spiro atoms. The molecule has 0 N–H and O–H groups in total. The summed E-state index contributed by atoms with van der Waals surface area (Å²) in [6, 6.07) is 0. The quantitative estimate of drug-likeness (QED) is 0.276. The molecule has 0 saturated carbocycles. The zero-order valence-electron chi connectivity index (χ0n) is 19.0. The van der Waals surface area contributed by atoms with E-state index in [0.29, 0.717) is 0 Å². The maximum absolute atomic E-state index is 2.44. The lowest BCUT2D eigenvalue weighted by molar-refractivity contribution is -0.917. The number of hydrogen-bond donors (Lipinski definition) is 0. The van der Waals surface area contributed by atoms with Crippen molar-refractivity contribution >= 4 is 0 Å². The Bertz CT molecular complexity index is 304. The topological polar surface area (TPSA) is 0 Å². The zero-order valence-corrected chi connectivity index (χ0v) is 19.0. The molecule has 2 heteroatoms. The summed E-state index contributed by atoms with van der Waals surface area (Å²) in [5, 5.41) is 0. The summed E-state index contributed by atoms with van der Waals surface area (Å²) >= 11 is 0. The molecule has 0 amide bonds. The van der Waals surface area contributed by atoms with Gasteiger partial charge >= 0.3 is 0 Å². The van der Waals surface area contributed by atoms with Crippen LogP contribution < -0.4 is 0 Å². The van der Waals surface area contributed by atoms with Crippen LogP contribution in [0.15, 0.2) is 0 Å². The Morgan fingerprint density at radius 3 is 1.46 bits per heavy atom. The van der Waals surface area contributed by atoms with Crippen LogP contribution in [0.2, 0.25) is 0 Å². The summed E-state index contributed by atoms with van der Waals surface area (Å²) in [7, 11) is 2.44. The number of rotatable bonds is 12. The average Bonchev–Trinajstić information content (AvgIpc) is 3.29. The summed E-state index contributed by atoms with van der Waals surface area (Å²) in [5.41, 5.74) is 0. The molecule has 2 aliphatic heterocycles. The predicted molar refractivity (Wildman–Crippen MR) is 118 cm³/mol. The predicted octanol–water partition coefficient (Wildman–Crippen LogP) is 6.39. The summed E-state index contributed by atoms with van der Waals surface area (Å²) in [4.78, 5) is 0. The van der Waals surface area contributed by atoms with Gasteiger partial charge in [-0.05, 0) is 25.7 Å². The third kappa shape index (κ3) is 9.74. The van der Waals surface area contributed by atoms with Crippen LogP contribution >= 0.6 is 0 Å². The van der Waals surface area contributed by atoms with Crippen molar-refractivity contribution in [1.82, 2.24) is 0 Å². The third-order valence-corrected chi connectivity index (χ3v) is 6.93. The number of nitrogens with zero attached hydrogens (tertiary/aromatic N) is 2. The maximum Gasteiger partial charge on any atom is 0.0788 e. The van der Waals surface area contributed by atoms with Gasteiger partial charge in [0, 0.05) is 25.7 Å². The van der Waals surface area contributed by atoms with E-state index in [1.54, 1.807) is 0 Å². The van der Waals surface area contributed by atoms with E-state index in [-0.39, 0.29) is 0 Å². The molecule has 2 fully saturated rings. The van der Waals surface area contributed by atoms with Crippen LogP contribution in [0.1, 0.15) is 104 Å². The Kier molecular flexibility index (Phi) is 12.9. The van der Waals surface area contributed by atoms with Crippen LogP contribution in [0.25, 0.3) is 0 Å². The van der Waals surface area contributed by atoms with Gasteiger partial charge in [0.15, 0.2) is 0 Å². The van der Waals surface area contributed by atoms with Gasteiger partial charge in [0.1, 0.15) is 0 Å². The van der Waals surface area contributed by atoms with E-state index in [1.165, 1.54) is 138 Å². The molecular weight excluding hydrogens is 316 g/mol. The molecule has 0 aromatic carbocycles. The highest BCUT2D eigenvalue weighted by Gasteiger charge is 2.30. The van der Waals surface area contributed by atoms with Crippen molar-refractivity contribution in [3.8, 4) is 0 Å². The molecule has 0 aliphatic carbocycles. The number of likely N-dealkylation sites (tertiary alicyclic amines) is 2. The first kappa shape index (κ1) is 24.0. The van der Waals surface area contributed by atoms with Crippen LogP contribution in [0.4, 0.5) is 0 Å². The molecule has 0 radical (unpaired) electrons. The van der Waals surface area contributed by atoms with Gasteiger partial charge in [-0.3, -0.25) is 0 Å². The van der Waals surface area contributed by atoms with Crippen molar-refractivity contribution in [2.24, 2.45) is 0 Å². The van der Waals surface area contributed by atoms with Gasteiger partial charge in [-0.15, -0.1) is 0 Å². The second kappa shape index (κ2) is 14.0. The van der Waals surface area contributed by atoms with Gasteiger partial charge in [0.2, 0.25) is 0 Å². The van der Waals surface area contributed by atoms with Crippen molar-refractivity contribution < 1.29 is 8.97 Å². The van der Waals surface area contributed by atoms with E-state index in [9.17, 15) is 0 Å². The molecule has 2 saturated heterocycles. The first-order chi connectivity index (χ1) is 12.6. The van der Waals surface area contributed by atoms with Gasteiger partial charge in [0.25, 0.3) is 0 Å². The molecule has 2 heterocycles. The maximum atomic E-state index is 2.44. The van der Waals surface area contributed by atoms with E-state index in [1.807, 2.05) is 0 Å². The minimum Gasteiger partial charge on any atom is -0.326 e. The first-order valence-electron chi connectivity index (χ1n) is 12.3. The van der Waals surface area contributed by atoms with Crippen LogP contribution in [-0.4, -0.2) is 61.8 Å². The normalized spacial score (nSPS) is 20.8. The fourth-order valence-corrected chi connectivity index (χ4v) is 4.97. The van der Waals surface area contributed by atoms with Gasteiger partial charge in [0.05, 0.1) is 52.9 Å². The smallest absolute Gasteiger partial charge is 0.0788 e. The second-order valence-electron chi connectivity index (χ2n) is 9.56. The Labute approximate surface area is 166 Å². The molecule has 26 heavy (non-hydrogen) atoms. The van der Waals surface area contributed by atoms with Gasteiger partial charge in [-0.2, -0.15) is 0 Å². The Balaban J connectivity index is 0.000000260. The lowest BCUT2D eigenvalue weighted by atomic mass is 10.1. The number of unbranched alkanes of at least 4 members (excludes halogenated alkanes) is 6. The summed E-state index contributed by atoms with van der Waals surface area (Å²) < 4.78 is 2.83. The van der Waals surface area contributed by atoms with Crippen LogP contribution in [0.5, 0.6) is 0 Å². The number of quaternary nitrogens is 2. The lowest BCUT2D eigenvalue weighted by Crippen LogP contribution is -2.46. The first-order valence-corrected chi connectivity index (χ1v) is 12.3. The standard InChI is InChI=1S/2C12H26N/c1-3-4-5-6-7-10-13(2)11-8-9-12-13;1-3-5-9-13(10-6-4-2)11-7-8-12-13/h2*3-12H2,1-2H3/q2*+1. The molecule has 156 valence electrons. The molecule has 2 rings (SSSR count). The second-order valence-corrected chi connectivity index (χ2v) is 9.56. The molecule has 2 aliphatic rings.